The van der Waals surface area contributed by atoms with Crippen LogP contribution < -0.4 is 0 Å². The van der Waals surface area contributed by atoms with Crippen LogP contribution in [0.3, 0.4) is 0 Å². The predicted octanol–water partition coefficient (Wildman–Crippen LogP) is 10.1. The molecule has 0 aliphatic heterocycles. The van der Waals surface area contributed by atoms with Crippen molar-refractivity contribution in [2.24, 2.45) is 0 Å². The second-order valence-electron chi connectivity index (χ2n) is 9.00. The van der Waals surface area contributed by atoms with Crippen LogP contribution >= 0.6 is 34.0 Å². The molecule has 0 saturated heterocycles. The second kappa shape index (κ2) is 10.5. The van der Waals surface area contributed by atoms with Crippen LogP contribution in [0.25, 0.3) is 65.5 Å². The largest absolute Gasteiger partial charge is 0.236 e. The number of thiazole rings is 3. The summed E-state index contributed by atoms with van der Waals surface area (Å²) < 4.78 is 0. The summed E-state index contributed by atoms with van der Waals surface area (Å²) in [4.78, 5) is 14.6. The molecular formula is C33H21N3S3. The monoisotopic (exact) mass is 555 g/mol. The van der Waals surface area contributed by atoms with Crippen LogP contribution in [-0.4, -0.2) is 15.0 Å². The van der Waals surface area contributed by atoms with E-state index in [9.17, 15) is 0 Å². The zero-order chi connectivity index (χ0) is 26.0. The van der Waals surface area contributed by atoms with E-state index in [1.165, 1.54) is 0 Å². The zero-order valence-corrected chi connectivity index (χ0v) is 23.1. The molecule has 0 fully saturated rings. The van der Waals surface area contributed by atoms with Crippen LogP contribution in [0.4, 0.5) is 0 Å². The molecule has 0 N–H and O–H groups in total. The van der Waals surface area contributed by atoms with Gasteiger partial charge in [-0.3, -0.25) is 0 Å². The summed E-state index contributed by atoms with van der Waals surface area (Å²) in [5.41, 5.74) is 9.73. The van der Waals surface area contributed by atoms with Gasteiger partial charge in [-0.2, -0.15) is 0 Å². The van der Waals surface area contributed by atoms with Gasteiger partial charge < -0.3 is 0 Å². The summed E-state index contributed by atoms with van der Waals surface area (Å²) in [6, 6.07) is 37.7. The van der Waals surface area contributed by atoms with Gasteiger partial charge in [0.25, 0.3) is 0 Å². The number of rotatable bonds is 6. The molecule has 3 heterocycles. The molecule has 186 valence electrons. The third kappa shape index (κ3) is 4.98. The normalized spacial score (nSPS) is 11.1. The maximum atomic E-state index is 4.93. The van der Waals surface area contributed by atoms with Crippen LogP contribution in [0.2, 0.25) is 0 Å². The Labute approximate surface area is 238 Å². The third-order valence-electron chi connectivity index (χ3n) is 6.46. The molecule has 6 heteroatoms. The number of hydrogen-bond acceptors (Lipinski definition) is 6. The van der Waals surface area contributed by atoms with E-state index >= 15 is 0 Å². The van der Waals surface area contributed by atoms with Crippen molar-refractivity contribution in [3.05, 3.63) is 125 Å². The predicted molar refractivity (Wildman–Crippen MR) is 166 cm³/mol. The molecule has 0 unspecified atom stereocenters. The van der Waals surface area contributed by atoms with Crippen molar-refractivity contribution in [1.82, 2.24) is 15.0 Å². The van der Waals surface area contributed by atoms with Crippen LogP contribution in [-0.2, 0) is 0 Å². The lowest BCUT2D eigenvalue weighted by atomic mass is 10.1. The lowest BCUT2D eigenvalue weighted by Gasteiger charge is -2.01. The van der Waals surface area contributed by atoms with Gasteiger partial charge >= 0.3 is 0 Å². The van der Waals surface area contributed by atoms with E-state index in [1.54, 1.807) is 34.0 Å². The molecule has 0 spiro atoms. The first-order valence-electron chi connectivity index (χ1n) is 12.5. The van der Waals surface area contributed by atoms with Gasteiger partial charge in [-0.15, -0.1) is 34.0 Å². The molecule has 0 saturated carbocycles. The van der Waals surface area contributed by atoms with Gasteiger partial charge in [-0.05, 0) is 0 Å². The fourth-order valence-electron chi connectivity index (χ4n) is 4.37. The molecule has 39 heavy (non-hydrogen) atoms. The SMILES string of the molecule is c1ccc(-c2nc(-c3ccc(-c4csc(-c5ccc(-c6csc(-c7ccccc7)n6)cc5)n4)cc3)cs2)cc1. The van der Waals surface area contributed by atoms with Crippen LogP contribution in [0.5, 0.6) is 0 Å². The molecular weight excluding hydrogens is 535 g/mol. The lowest BCUT2D eigenvalue weighted by Crippen LogP contribution is -1.83. The zero-order valence-electron chi connectivity index (χ0n) is 20.7. The van der Waals surface area contributed by atoms with Crippen molar-refractivity contribution in [2.75, 3.05) is 0 Å². The van der Waals surface area contributed by atoms with Gasteiger partial charge in [0.15, 0.2) is 0 Å². The second-order valence-corrected chi connectivity index (χ2v) is 11.6. The van der Waals surface area contributed by atoms with E-state index in [2.05, 4.69) is 88.9 Å². The van der Waals surface area contributed by atoms with E-state index in [1.807, 2.05) is 36.4 Å². The smallest absolute Gasteiger partial charge is 0.124 e. The Morgan fingerprint density at radius 2 is 0.590 bits per heavy atom. The average molecular weight is 556 g/mol. The maximum Gasteiger partial charge on any atom is 0.124 e. The van der Waals surface area contributed by atoms with E-state index in [4.69, 9.17) is 15.0 Å². The quantitative estimate of drug-likeness (QED) is 0.205. The summed E-state index contributed by atoms with van der Waals surface area (Å²) in [5.74, 6) is 0. The molecule has 3 aromatic heterocycles. The Bertz CT molecular complexity index is 1700. The number of nitrogens with zero attached hydrogens (tertiary/aromatic N) is 3. The summed E-state index contributed by atoms with van der Waals surface area (Å²) in [5, 5.41) is 9.46. The van der Waals surface area contributed by atoms with Gasteiger partial charge in [-0.1, -0.05) is 109 Å². The van der Waals surface area contributed by atoms with Crippen molar-refractivity contribution in [2.45, 2.75) is 0 Å². The molecule has 0 atom stereocenters. The van der Waals surface area contributed by atoms with Crippen molar-refractivity contribution in [3.63, 3.8) is 0 Å². The van der Waals surface area contributed by atoms with Crippen molar-refractivity contribution in [3.8, 4) is 65.5 Å². The minimum atomic E-state index is 0.987. The summed E-state index contributed by atoms with van der Waals surface area (Å²) in [6.07, 6.45) is 0. The van der Waals surface area contributed by atoms with E-state index in [0.717, 1.165) is 65.5 Å². The highest BCUT2D eigenvalue weighted by Gasteiger charge is 2.11. The minimum absolute atomic E-state index is 0.987. The molecule has 0 bridgehead atoms. The Kier molecular flexibility index (Phi) is 6.42. The number of hydrogen-bond donors (Lipinski definition) is 0. The topological polar surface area (TPSA) is 38.7 Å². The third-order valence-corrected chi connectivity index (χ3v) is 9.13. The minimum Gasteiger partial charge on any atom is -0.236 e. The molecule has 7 rings (SSSR count). The van der Waals surface area contributed by atoms with Gasteiger partial charge in [0, 0.05) is 49.5 Å². The maximum absolute atomic E-state index is 4.93. The molecule has 0 radical (unpaired) electrons. The van der Waals surface area contributed by atoms with E-state index < -0.39 is 0 Å². The van der Waals surface area contributed by atoms with Gasteiger partial charge in [-0.25, -0.2) is 15.0 Å². The molecule has 7 aromatic rings. The number of aromatic nitrogens is 3. The lowest BCUT2D eigenvalue weighted by molar-refractivity contribution is 1.38. The van der Waals surface area contributed by atoms with Crippen molar-refractivity contribution < 1.29 is 0 Å². The fraction of sp³-hybridized carbons (Fsp3) is 0. The first-order chi connectivity index (χ1) is 19.3. The molecule has 4 aromatic carbocycles. The van der Waals surface area contributed by atoms with Crippen LogP contribution in [0.15, 0.2) is 125 Å². The summed E-state index contributed by atoms with van der Waals surface area (Å²) in [6.45, 7) is 0. The average Bonchev–Trinajstić information content (AvgIpc) is 3.80. The van der Waals surface area contributed by atoms with E-state index in [0.29, 0.717) is 0 Å². The molecule has 0 amide bonds. The molecule has 0 aliphatic carbocycles. The highest BCUT2D eigenvalue weighted by Crippen LogP contribution is 2.34. The summed E-state index contributed by atoms with van der Waals surface area (Å²) >= 11 is 5.01. The Morgan fingerprint density at radius 3 is 0.923 bits per heavy atom. The van der Waals surface area contributed by atoms with Gasteiger partial charge in [0.1, 0.15) is 15.0 Å². The highest BCUT2D eigenvalue weighted by molar-refractivity contribution is 7.14. The number of benzene rings is 4. The van der Waals surface area contributed by atoms with E-state index in [-0.39, 0.29) is 0 Å². The highest BCUT2D eigenvalue weighted by atomic mass is 32.1. The van der Waals surface area contributed by atoms with Crippen molar-refractivity contribution in [1.29, 1.82) is 0 Å². The standard InChI is InChI=1S/C33H21N3S3/c1-3-7-25(8-4-1)31-34-28(19-37-31)22-11-13-23(14-12-22)29-21-39-33(36-29)27-17-15-24(16-18-27)30-20-38-32(35-30)26-9-5-2-6-10-26/h1-21H. The molecule has 3 nitrogen and oxygen atoms in total. The first-order valence-corrected chi connectivity index (χ1v) is 15.1. The Hall–Kier alpha value is -4.23. The van der Waals surface area contributed by atoms with Crippen LogP contribution in [0.1, 0.15) is 0 Å². The van der Waals surface area contributed by atoms with Crippen molar-refractivity contribution >= 4 is 34.0 Å². The Balaban J connectivity index is 1.07. The van der Waals surface area contributed by atoms with Crippen LogP contribution in [0, 0.1) is 0 Å². The van der Waals surface area contributed by atoms with Gasteiger partial charge in [0.2, 0.25) is 0 Å². The molecule has 0 aliphatic rings. The first kappa shape index (κ1) is 23.9. The fourth-order valence-corrected chi connectivity index (χ4v) is 6.88. The summed E-state index contributed by atoms with van der Waals surface area (Å²) in [7, 11) is 0. The Morgan fingerprint density at radius 1 is 0.308 bits per heavy atom. The van der Waals surface area contributed by atoms with Gasteiger partial charge in [0.05, 0.1) is 17.1 Å².